The molecule has 0 aromatic heterocycles. The van der Waals surface area contributed by atoms with Crippen molar-refractivity contribution in [3.05, 3.63) is 35.9 Å². The smallest absolute Gasteiger partial charge is 0.313 e. The van der Waals surface area contributed by atoms with Crippen molar-refractivity contribution in [3.63, 3.8) is 0 Å². The maximum Gasteiger partial charge on any atom is 0.313 e. The van der Waals surface area contributed by atoms with Gasteiger partial charge < -0.3 is 4.74 Å². The van der Waals surface area contributed by atoms with Crippen molar-refractivity contribution in [2.45, 2.75) is 58.0 Å². The molecule has 0 spiro atoms. The van der Waals surface area contributed by atoms with Crippen LogP contribution in [0.5, 0.6) is 0 Å². The number of unbranched alkanes of at least 4 members (excludes halogenated alkanes) is 4. The van der Waals surface area contributed by atoms with Crippen LogP contribution in [0.3, 0.4) is 0 Å². The number of hydrogen-bond acceptors (Lipinski definition) is 2. The van der Waals surface area contributed by atoms with Crippen LogP contribution in [0.4, 0.5) is 0 Å². The Morgan fingerprint density at radius 3 is 2.47 bits per heavy atom. The Bertz CT molecular complexity index is 386. The summed E-state index contributed by atoms with van der Waals surface area (Å²) in [5.74, 6) is 0.0796. The lowest BCUT2D eigenvalue weighted by Crippen LogP contribution is -2.46. The third-order valence-corrected chi connectivity index (χ3v) is 3.91. The Kier molecular flexibility index (Phi) is 5.44. The van der Waals surface area contributed by atoms with Crippen LogP contribution >= 0.6 is 0 Å². The van der Waals surface area contributed by atoms with Gasteiger partial charge in [-0.25, -0.2) is 0 Å². The topological polar surface area (TPSA) is 26.3 Å². The van der Waals surface area contributed by atoms with E-state index in [1.54, 1.807) is 0 Å². The van der Waals surface area contributed by atoms with E-state index in [1.807, 2.05) is 18.2 Å². The molecule has 0 N–H and O–H groups in total. The zero-order valence-electron chi connectivity index (χ0n) is 11.8. The molecule has 0 aliphatic carbocycles. The van der Waals surface area contributed by atoms with Gasteiger partial charge in [0.1, 0.15) is 6.10 Å². The molecule has 0 radical (unpaired) electrons. The SMILES string of the molecule is CCCCCCC[C@@H]1OC(=O)[C@H]1Cc1ccccc1. The summed E-state index contributed by atoms with van der Waals surface area (Å²) in [6, 6.07) is 10.2. The first-order valence-electron chi connectivity index (χ1n) is 7.55. The highest BCUT2D eigenvalue weighted by molar-refractivity contribution is 5.78. The molecular weight excluding hydrogens is 236 g/mol. The molecule has 2 nitrogen and oxygen atoms in total. The Morgan fingerprint density at radius 1 is 1.05 bits per heavy atom. The normalized spacial score (nSPS) is 21.8. The Balaban J connectivity index is 1.72. The molecule has 0 bridgehead atoms. The molecule has 104 valence electrons. The van der Waals surface area contributed by atoms with Gasteiger partial charge in [0.2, 0.25) is 0 Å². The summed E-state index contributed by atoms with van der Waals surface area (Å²) in [4.78, 5) is 11.6. The molecule has 1 aliphatic rings. The van der Waals surface area contributed by atoms with Crippen LogP contribution in [-0.2, 0) is 16.0 Å². The quantitative estimate of drug-likeness (QED) is 0.519. The summed E-state index contributed by atoms with van der Waals surface area (Å²) in [6.07, 6.45) is 8.37. The lowest BCUT2D eigenvalue weighted by atomic mass is 9.87. The lowest BCUT2D eigenvalue weighted by Gasteiger charge is -2.35. The van der Waals surface area contributed by atoms with Crippen molar-refractivity contribution >= 4 is 5.97 Å². The van der Waals surface area contributed by atoms with E-state index in [1.165, 1.54) is 37.7 Å². The fourth-order valence-electron chi connectivity index (χ4n) is 2.69. The first kappa shape index (κ1) is 14.1. The van der Waals surface area contributed by atoms with Crippen LogP contribution in [0.2, 0.25) is 0 Å². The number of carbonyl (C=O) groups is 1. The van der Waals surface area contributed by atoms with Crippen LogP contribution in [-0.4, -0.2) is 12.1 Å². The van der Waals surface area contributed by atoms with Gasteiger partial charge in [-0.05, 0) is 24.8 Å². The molecule has 1 saturated heterocycles. The summed E-state index contributed by atoms with van der Waals surface area (Å²) in [5.41, 5.74) is 1.24. The van der Waals surface area contributed by atoms with Crippen LogP contribution in [0.25, 0.3) is 0 Å². The van der Waals surface area contributed by atoms with Crippen molar-refractivity contribution in [2.24, 2.45) is 5.92 Å². The summed E-state index contributed by atoms with van der Waals surface area (Å²) in [7, 11) is 0. The predicted molar refractivity (Wildman–Crippen MR) is 76.9 cm³/mol. The molecule has 2 heteroatoms. The van der Waals surface area contributed by atoms with Crippen molar-refractivity contribution in [1.29, 1.82) is 0 Å². The summed E-state index contributed by atoms with van der Waals surface area (Å²) in [5, 5.41) is 0. The van der Waals surface area contributed by atoms with E-state index in [9.17, 15) is 4.79 Å². The van der Waals surface area contributed by atoms with E-state index < -0.39 is 0 Å². The number of ether oxygens (including phenoxy) is 1. The number of benzene rings is 1. The highest BCUT2D eigenvalue weighted by atomic mass is 16.6. The van der Waals surface area contributed by atoms with Crippen LogP contribution in [0.1, 0.15) is 51.0 Å². The minimum atomic E-state index is -0.0117. The summed E-state index contributed by atoms with van der Waals surface area (Å²) in [6.45, 7) is 2.23. The van der Waals surface area contributed by atoms with Crippen LogP contribution in [0, 0.1) is 5.92 Å². The van der Waals surface area contributed by atoms with E-state index in [0.29, 0.717) is 0 Å². The number of hydrogen-bond donors (Lipinski definition) is 0. The standard InChI is InChI=1S/C17H24O2/c1-2-3-4-5-9-12-16-15(17(18)19-16)13-14-10-7-6-8-11-14/h6-8,10-11,15-16H,2-5,9,12-13H2,1H3/t15-,16-/m0/s1. The average molecular weight is 260 g/mol. The molecule has 0 saturated carbocycles. The zero-order valence-corrected chi connectivity index (χ0v) is 11.8. The first-order valence-corrected chi connectivity index (χ1v) is 7.55. The summed E-state index contributed by atoms with van der Waals surface area (Å²) >= 11 is 0. The third-order valence-electron chi connectivity index (χ3n) is 3.91. The van der Waals surface area contributed by atoms with Crippen molar-refractivity contribution in [2.75, 3.05) is 0 Å². The van der Waals surface area contributed by atoms with Gasteiger partial charge in [-0.3, -0.25) is 4.79 Å². The van der Waals surface area contributed by atoms with E-state index >= 15 is 0 Å². The predicted octanol–water partition coefficient (Wildman–Crippen LogP) is 4.13. The molecule has 1 aromatic rings. The van der Waals surface area contributed by atoms with Crippen molar-refractivity contribution in [1.82, 2.24) is 0 Å². The number of rotatable bonds is 8. The highest BCUT2D eigenvalue weighted by Gasteiger charge is 2.41. The maximum absolute atomic E-state index is 11.6. The van der Waals surface area contributed by atoms with Gasteiger partial charge in [0.25, 0.3) is 0 Å². The van der Waals surface area contributed by atoms with Crippen LogP contribution in [0.15, 0.2) is 30.3 Å². The number of cyclic esters (lactones) is 1. The minimum Gasteiger partial charge on any atom is -0.461 e. The molecule has 2 rings (SSSR count). The second kappa shape index (κ2) is 7.32. The Morgan fingerprint density at radius 2 is 1.79 bits per heavy atom. The third kappa shape index (κ3) is 4.09. The second-order valence-corrected chi connectivity index (χ2v) is 5.47. The van der Waals surface area contributed by atoms with Gasteiger partial charge in [0.15, 0.2) is 0 Å². The molecular formula is C17H24O2. The molecule has 1 heterocycles. The monoisotopic (exact) mass is 260 g/mol. The van der Waals surface area contributed by atoms with Crippen molar-refractivity contribution in [3.8, 4) is 0 Å². The van der Waals surface area contributed by atoms with Gasteiger partial charge in [-0.1, -0.05) is 62.9 Å². The minimum absolute atomic E-state index is 0.0117. The van der Waals surface area contributed by atoms with Crippen molar-refractivity contribution < 1.29 is 9.53 Å². The second-order valence-electron chi connectivity index (χ2n) is 5.47. The average Bonchev–Trinajstić information content (AvgIpc) is 2.44. The molecule has 1 fully saturated rings. The molecule has 1 aromatic carbocycles. The molecule has 2 atom stereocenters. The largest absolute Gasteiger partial charge is 0.461 e. The lowest BCUT2D eigenvalue weighted by molar-refractivity contribution is -0.185. The first-order chi connectivity index (χ1) is 9.31. The molecule has 0 amide bonds. The molecule has 0 unspecified atom stereocenters. The van der Waals surface area contributed by atoms with Gasteiger partial charge >= 0.3 is 5.97 Å². The van der Waals surface area contributed by atoms with Gasteiger partial charge in [-0.15, -0.1) is 0 Å². The van der Waals surface area contributed by atoms with Gasteiger partial charge in [-0.2, -0.15) is 0 Å². The molecule has 1 aliphatic heterocycles. The highest BCUT2D eigenvalue weighted by Crippen LogP contribution is 2.30. The fraction of sp³-hybridized carbons (Fsp3) is 0.588. The van der Waals surface area contributed by atoms with E-state index in [-0.39, 0.29) is 18.0 Å². The van der Waals surface area contributed by atoms with Crippen LogP contribution < -0.4 is 0 Å². The number of esters is 1. The number of carbonyl (C=O) groups excluding carboxylic acids is 1. The molecule has 19 heavy (non-hydrogen) atoms. The Hall–Kier alpha value is -1.31. The van der Waals surface area contributed by atoms with E-state index in [4.69, 9.17) is 4.74 Å². The summed E-state index contributed by atoms with van der Waals surface area (Å²) < 4.78 is 5.29. The zero-order chi connectivity index (χ0) is 13.5. The van der Waals surface area contributed by atoms with E-state index in [0.717, 1.165) is 12.8 Å². The maximum atomic E-state index is 11.6. The fourth-order valence-corrected chi connectivity index (χ4v) is 2.69. The Labute approximate surface area is 116 Å². The van der Waals surface area contributed by atoms with Gasteiger partial charge in [0.05, 0.1) is 5.92 Å². The van der Waals surface area contributed by atoms with E-state index in [2.05, 4.69) is 19.1 Å². The van der Waals surface area contributed by atoms with Gasteiger partial charge in [0, 0.05) is 0 Å².